The quantitative estimate of drug-likeness (QED) is 0.462. The fourth-order valence-electron chi connectivity index (χ4n) is 2.62. The number of H-pyrrole nitrogens is 1. The van der Waals surface area contributed by atoms with Crippen LogP contribution in [-0.2, 0) is 4.79 Å². The van der Waals surface area contributed by atoms with Crippen LogP contribution in [0, 0.1) is 0 Å². The summed E-state index contributed by atoms with van der Waals surface area (Å²) in [7, 11) is 1.61. The van der Waals surface area contributed by atoms with Gasteiger partial charge in [-0.15, -0.1) is 10.2 Å². The number of benzene rings is 2. The molecule has 7 nitrogen and oxygen atoms in total. The molecule has 0 aliphatic heterocycles. The van der Waals surface area contributed by atoms with Gasteiger partial charge in [0.05, 0.1) is 29.0 Å². The molecular weight excluding hydrogens is 394 g/mol. The van der Waals surface area contributed by atoms with Gasteiger partial charge in [0, 0.05) is 0 Å². The molecule has 0 saturated carbocycles. The van der Waals surface area contributed by atoms with E-state index in [9.17, 15) is 4.79 Å². The first kappa shape index (κ1) is 18.5. The normalized spacial score (nSPS) is 12.1. The number of nitrogens with one attached hydrogen (secondary N) is 2. The van der Waals surface area contributed by atoms with Crippen LogP contribution in [0.15, 0.2) is 53.7 Å². The Morgan fingerprint density at radius 1 is 1.18 bits per heavy atom. The van der Waals surface area contributed by atoms with Crippen LogP contribution in [0.25, 0.3) is 21.6 Å². The van der Waals surface area contributed by atoms with Gasteiger partial charge >= 0.3 is 0 Å². The molecule has 2 aromatic carbocycles. The molecule has 0 radical (unpaired) electrons. The molecule has 4 aromatic rings. The lowest BCUT2D eigenvalue weighted by molar-refractivity contribution is -0.115. The Bertz CT molecular complexity index is 1090. The SMILES string of the molecule is COc1ccccc1-c1nnc(NC(=O)[C@@H](C)Sc2nc3ccccc3[nH]2)s1. The second-order valence-corrected chi connectivity index (χ2v) is 8.23. The second-order valence-electron chi connectivity index (χ2n) is 5.92. The van der Waals surface area contributed by atoms with Crippen LogP contribution < -0.4 is 10.1 Å². The third-order valence-corrected chi connectivity index (χ3v) is 5.87. The minimum Gasteiger partial charge on any atom is -0.496 e. The van der Waals surface area contributed by atoms with Crippen LogP contribution in [0.1, 0.15) is 6.92 Å². The van der Waals surface area contributed by atoms with Crippen molar-refractivity contribution in [2.24, 2.45) is 0 Å². The maximum atomic E-state index is 12.5. The van der Waals surface area contributed by atoms with Crippen molar-refractivity contribution in [3.05, 3.63) is 48.5 Å². The molecule has 0 aliphatic carbocycles. The first-order chi connectivity index (χ1) is 13.6. The van der Waals surface area contributed by atoms with Crippen LogP contribution in [0.4, 0.5) is 5.13 Å². The van der Waals surface area contributed by atoms with Crippen molar-refractivity contribution in [2.75, 3.05) is 12.4 Å². The largest absolute Gasteiger partial charge is 0.496 e. The Labute approximate surface area is 169 Å². The van der Waals surface area contributed by atoms with E-state index in [1.165, 1.54) is 23.1 Å². The summed E-state index contributed by atoms with van der Waals surface area (Å²) in [6.07, 6.45) is 0. The Balaban J connectivity index is 1.44. The van der Waals surface area contributed by atoms with Gasteiger partial charge < -0.3 is 9.72 Å². The lowest BCUT2D eigenvalue weighted by Gasteiger charge is -2.07. The van der Waals surface area contributed by atoms with Crippen molar-refractivity contribution >= 4 is 45.2 Å². The van der Waals surface area contributed by atoms with E-state index in [2.05, 4.69) is 25.5 Å². The van der Waals surface area contributed by atoms with Gasteiger partial charge in [-0.3, -0.25) is 10.1 Å². The number of carbonyl (C=O) groups is 1. The maximum Gasteiger partial charge on any atom is 0.239 e. The summed E-state index contributed by atoms with van der Waals surface area (Å²) in [5.74, 6) is 0.554. The highest BCUT2D eigenvalue weighted by Gasteiger charge is 2.19. The fraction of sp³-hybridized carbons (Fsp3) is 0.158. The molecule has 0 saturated heterocycles. The van der Waals surface area contributed by atoms with Crippen molar-refractivity contribution in [3.63, 3.8) is 0 Å². The number of ether oxygens (including phenoxy) is 1. The molecule has 0 aliphatic rings. The van der Waals surface area contributed by atoms with E-state index in [0.717, 1.165) is 16.6 Å². The number of methoxy groups -OCH3 is 1. The highest BCUT2D eigenvalue weighted by Crippen LogP contribution is 2.33. The minimum atomic E-state index is -0.348. The lowest BCUT2D eigenvalue weighted by Crippen LogP contribution is -2.22. The number of hydrogen-bond acceptors (Lipinski definition) is 7. The number of thioether (sulfide) groups is 1. The monoisotopic (exact) mass is 411 g/mol. The van der Waals surface area contributed by atoms with Crippen molar-refractivity contribution in [3.8, 4) is 16.3 Å². The van der Waals surface area contributed by atoms with Gasteiger partial charge in [0.15, 0.2) is 10.2 Å². The zero-order chi connectivity index (χ0) is 19.5. The van der Waals surface area contributed by atoms with Crippen LogP contribution >= 0.6 is 23.1 Å². The summed E-state index contributed by atoms with van der Waals surface area (Å²) in [4.78, 5) is 20.3. The molecule has 28 heavy (non-hydrogen) atoms. The van der Waals surface area contributed by atoms with Crippen LogP contribution in [-0.4, -0.2) is 38.4 Å². The number of rotatable bonds is 6. The molecule has 2 aromatic heterocycles. The summed E-state index contributed by atoms with van der Waals surface area (Å²) < 4.78 is 5.36. The third-order valence-electron chi connectivity index (χ3n) is 4.02. The van der Waals surface area contributed by atoms with E-state index in [1.54, 1.807) is 7.11 Å². The molecule has 2 heterocycles. The summed E-state index contributed by atoms with van der Waals surface area (Å²) >= 11 is 2.67. The summed E-state index contributed by atoms with van der Waals surface area (Å²) in [6, 6.07) is 15.3. The number of nitrogens with zero attached hydrogens (tertiary/aromatic N) is 3. The molecule has 2 N–H and O–H groups in total. The Kier molecular flexibility index (Phi) is 5.27. The molecule has 0 unspecified atom stereocenters. The fourth-order valence-corrected chi connectivity index (χ4v) is 4.21. The minimum absolute atomic E-state index is 0.159. The second kappa shape index (κ2) is 7.99. The molecule has 0 fully saturated rings. The molecule has 1 atom stereocenters. The van der Waals surface area contributed by atoms with Gasteiger partial charge in [-0.05, 0) is 31.2 Å². The number of aromatic nitrogens is 4. The van der Waals surface area contributed by atoms with E-state index < -0.39 is 0 Å². The van der Waals surface area contributed by atoms with Crippen molar-refractivity contribution < 1.29 is 9.53 Å². The zero-order valence-electron chi connectivity index (χ0n) is 15.2. The van der Waals surface area contributed by atoms with E-state index in [-0.39, 0.29) is 11.2 Å². The number of para-hydroxylation sites is 3. The van der Waals surface area contributed by atoms with Gasteiger partial charge in [-0.25, -0.2) is 4.98 Å². The molecule has 142 valence electrons. The molecular formula is C19H17N5O2S2. The van der Waals surface area contributed by atoms with Gasteiger partial charge in [-0.2, -0.15) is 0 Å². The summed E-state index contributed by atoms with van der Waals surface area (Å²) in [5.41, 5.74) is 2.67. The van der Waals surface area contributed by atoms with E-state index in [0.29, 0.717) is 21.0 Å². The highest BCUT2D eigenvalue weighted by atomic mass is 32.2. The molecule has 4 rings (SSSR count). The Morgan fingerprint density at radius 3 is 2.79 bits per heavy atom. The lowest BCUT2D eigenvalue weighted by atomic mass is 10.2. The summed E-state index contributed by atoms with van der Waals surface area (Å²) in [6.45, 7) is 1.83. The topological polar surface area (TPSA) is 92.8 Å². The molecule has 1 amide bonds. The Hall–Kier alpha value is -2.91. The highest BCUT2D eigenvalue weighted by molar-refractivity contribution is 8.00. The number of amides is 1. The van der Waals surface area contributed by atoms with E-state index in [4.69, 9.17) is 4.74 Å². The molecule has 0 bridgehead atoms. The smallest absolute Gasteiger partial charge is 0.239 e. The van der Waals surface area contributed by atoms with Gasteiger partial charge in [-0.1, -0.05) is 47.4 Å². The average molecular weight is 412 g/mol. The van der Waals surface area contributed by atoms with Crippen molar-refractivity contribution in [1.29, 1.82) is 0 Å². The molecule has 0 spiro atoms. The van der Waals surface area contributed by atoms with Crippen LogP contribution in [0.3, 0.4) is 0 Å². The zero-order valence-corrected chi connectivity index (χ0v) is 16.8. The predicted octanol–water partition coefficient (Wildman–Crippen LogP) is 4.21. The van der Waals surface area contributed by atoms with Crippen LogP contribution in [0.5, 0.6) is 5.75 Å². The maximum absolute atomic E-state index is 12.5. The number of carbonyl (C=O) groups excluding carboxylic acids is 1. The first-order valence-electron chi connectivity index (χ1n) is 8.53. The predicted molar refractivity (Wildman–Crippen MR) is 112 cm³/mol. The first-order valence-corrected chi connectivity index (χ1v) is 10.2. The van der Waals surface area contributed by atoms with Gasteiger partial charge in [0.2, 0.25) is 11.0 Å². The third kappa shape index (κ3) is 3.85. The van der Waals surface area contributed by atoms with E-state index in [1.807, 2.05) is 55.5 Å². The van der Waals surface area contributed by atoms with Gasteiger partial charge in [0.25, 0.3) is 0 Å². The number of anilines is 1. The van der Waals surface area contributed by atoms with Gasteiger partial charge in [0.1, 0.15) is 5.75 Å². The standard InChI is InChI=1S/C19H17N5O2S2/c1-11(27-18-20-13-8-4-5-9-14(13)21-18)16(25)22-19-24-23-17(28-19)12-7-3-6-10-15(12)26-2/h3-11H,1-2H3,(H,20,21)(H,22,24,25)/t11-/m1/s1. The summed E-state index contributed by atoms with van der Waals surface area (Å²) in [5, 5.41) is 12.6. The van der Waals surface area contributed by atoms with Crippen LogP contribution in [0.2, 0.25) is 0 Å². The van der Waals surface area contributed by atoms with Crippen molar-refractivity contribution in [2.45, 2.75) is 17.3 Å². The number of aromatic amines is 1. The van der Waals surface area contributed by atoms with Crippen molar-refractivity contribution in [1.82, 2.24) is 20.2 Å². The number of imidazole rings is 1. The Morgan fingerprint density at radius 2 is 1.96 bits per heavy atom. The average Bonchev–Trinajstić information content (AvgIpc) is 3.34. The van der Waals surface area contributed by atoms with E-state index >= 15 is 0 Å². The number of fused-ring (bicyclic) bond motifs is 1. The molecule has 9 heteroatoms. The number of hydrogen-bond donors (Lipinski definition) is 2.